The number of anilines is 1. The molecule has 4 nitrogen and oxygen atoms in total. The molecule has 0 spiro atoms. The Kier molecular flexibility index (Phi) is 7.35. The Balaban J connectivity index is 1.31. The zero-order valence-corrected chi connectivity index (χ0v) is 18.7. The standard InChI is InChI=1S/C27H28F2N2O2/c1-18-16-23(8-10-24(18)28)33-22-6-2-19(3-7-22)4-11-27(32)31-26-17-21(5-9-25(26)29)20-12-14-30-15-13-20/h2-3,5-10,16-17,20,30H,4,11-15H2,1H3,(H,31,32). The van der Waals surface area contributed by atoms with Gasteiger partial charge in [-0.1, -0.05) is 18.2 Å². The lowest BCUT2D eigenvalue weighted by atomic mass is 9.90. The van der Waals surface area contributed by atoms with Crippen LogP contribution < -0.4 is 15.4 Å². The van der Waals surface area contributed by atoms with Gasteiger partial charge in [-0.25, -0.2) is 8.78 Å². The molecule has 4 rings (SSSR count). The molecule has 1 aliphatic rings. The predicted molar refractivity (Wildman–Crippen MR) is 126 cm³/mol. The number of aryl methyl sites for hydroxylation is 2. The molecule has 0 aromatic heterocycles. The third kappa shape index (κ3) is 6.17. The van der Waals surface area contributed by atoms with E-state index in [2.05, 4.69) is 10.6 Å². The van der Waals surface area contributed by atoms with E-state index in [9.17, 15) is 13.6 Å². The molecular formula is C27H28F2N2O2. The van der Waals surface area contributed by atoms with E-state index in [-0.39, 0.29) is 23.8 Å². The van der Waals surface area contributed by atoms with Gasteiger partial charge in [0.15, 0.2) is 0 Å². The van der Waals surface area contributed by atoms with Crippen LogP contribution in [0.15, 0.2) is 60.7 Å². The Morgan fingerprint density at radius 3 is 2.39 bits per heavy atom. The average Bonchev–Trinajstić information content (AvgIpc) is 2.83. The zero-order valence-electron chi connectivity index (χ0n) is 18.7. The number of amides is 1. The van der Waals surface area contributed by atoms with E-state index < -0.39 is 5.82 Å². The van der Waals surface area contributed by atoms with Gasteiger partial charge in [-0.05, 0) is 104 Å². The summed E-state index contributed by atoms with van der Waals surface area (Å²) in [4.78, 5) is 12.5. The Labute approximate surface area is 193 Å². The van der Waals surface area contributed by atoms with Gasteiger partial charge in [0.25, 0.3) is 0 Å². The van der Waals surface area contributed by atoms with Crippen LogP contribution in [-0.2, 0) is 11.2 Å². The molecule has 172 valence electrons. The molecule has 0 bridgehead atoms. The summed E-state index contributed by atoms with van der Waals surface area (Å²) in [5.41, 5.74) is 2.80. The van der Waals surface area contributed by atoms with Crippen LogP contribution in [0.5, 0.6) is 11.5 Å². The van der Waals surface area contributed by atoms with Gasteiger partial charge in [0, 0.05) is 6.42 Å². The van der Waals surface area contributed by atoms with Crippen LogP contribution in [0.2, 0.25) is 0 Å². The molecule has 0 saturated carbocycles. The van der Waals surface area contributed by atoms with Crippen molar-refractivity contribution in [1.29, 1.82) is 0 Å². The smallest absolute Gasteiger partial charge is 0.224 e. The largest absolute Gasteiger partial charge is 0.457 e. The van der Waals surface area contributed by atoms with Crippen LogP contribution in [0.3, 0.4) is 0 Å². The van der Waals surface area contributed by atoms with Crippen molar-refractivity contribution in [1.82, 2.24) is 5.32 Å². The van der Waals surface area contributed by atoms with E-state index in [1.54, 1.807) is 25.1 Å². The molecule has 0 atom stereocenters. The first-order chi connectivity index (χ1) is 16.0. The number of piperidine rings is 1. The highest BCUT2D eigenvalue weighted by Crippen LogP contribution is 2.29. The topological polar surface area (TPSA) is 50.4 Å². The Morgan fingerprint density at radius 1 is 0.970 bits per heavy atom. The number of nitrogens with one attached hydrogen (secondary N) is 2. The number of rotatable bonds is 7. The quantitative estimate of drug-likeness (QED) is 0.457. The number of benzene rings is 3. The Hall–Kier alpha value is -3.25. The van der Waals surface area contributed by atoms with E-state index in [4.69, 9.17) is 4.74 Å². The summed E-state index contributed by atoms with van der Waals surface area (Å²) in [5, 5.41) is 6.06. The highest BCUT2D eigenvalue weighted by Gasteiger charge is 2.17. The number of ether oxygens (including phenoxy) is 1. The number of hydrogen-bond donors (Lipinski definition) is 2. The number of carbonyl (C=O) groups excluding carboxylic acids is 1. The van der Waals surface area contributed by atoms with Crippen molar-refractivity contribution in [2.75, 3.05) is 18.4 Å². The lowest BCUT2D eigenvalue weighted by molar-refractivity contribution is -0.116. The Bertz CT molecular complexity index is 1110. The van der Waals surface area contributed by atoms with Crippen LogP contribution in [0.4, 0.5) is 14.5 Å². The van der Waals surface area contributed by atoms with Crippen molar-refractivity contribution in [3.63, 3.8) is 0 Å². The highest BCUT2D eigenvalue weighted by molar-refractivity contribution is 5.91. The van der Waals surface area contributed by atoms with Gasteiger partial charge < -0.3 is 15.4 Å². The zero-order chi connectivity index (χ0) is 23.2. The SMILES string of the molecule is Cc1cc(Oc2ccc(CCC(=O)Nc3cc(C4CCNCC4)ccc3F)cc2)ccc1F. The second kappa shape index (κ2) is 10.6. The monoisotopic (exact) mass is 450 g/mol. The van der Waals surface area contributed by atoms with E-state index in [0.717, 1.165) is 37.1 Å². The van der Waals surface area contributed by atoms with E-state index in [1.807, 2.05) is 30.3 Å². The van der Waals surface area contributed by atoms with Crippen molar-refractivity contribution < 1.29 is 18.3 Å². The second-order valence-electron chi connectivity index (χ2n) is 8.47. The van der Waals surface area contributed by atoms with Gasteiger partial charge >= 0.3 is 0 Å². The number of carbonyl (C=O) groups is 1. The minimum Gasteiger partial charge on any atom is -0.457 e. The van der Waals surface area contributed by atoms with E-state index >= 15 is 0 Å². The van der Waals surface area contributed by atoms with Crippen molar-refractivity contribution in [2.45, 2.75) is 38.5 Å². The van der Waals surface area contributed by atoms with E-state index in [0.29, 0.717) is 29.4 Å². The fraction of sp³-hybridized carbons (Fsp3) is 0.296. The molecule has 1 heterocycles. The van der Waals surface area contributed by atoms with Crippen LogP contribution in [0.25, 0.3) is 0 Å². The van der Waals surface area contributed by atoms with Crippen LogP contribution in [0.1, 0.15) is 41.9 Å². The summed E-state index contributed by atoms with van der Waals surface area (Å²) in [6.07, 6.45) is 2.80. The normalized spacial score (nSPS) is 14.2. The molecule has 0 aliphatic carbocycles. The van der Waals surface area contributed by atoms with E-state index in [1.165, 1.54) is 12.1 Å². The summed E-state index contributed by atoms with van der Waals surface area (Å²) in [7, 11) is 0. The van der Waals surface area contributed by atoms with Crippen LogP contribution in [-0.4, -0.2) is 19.0 Å². The molecule has 0 radical (unpaired) electrons. The predicted octanol–water partition coefficient (Wildman–Crippen LogP) is 6.10. The first-order valence-corrected chi connectivity index (χ1v) is 11.3. The minimum atomic E-state index is -0.418. The van der Waals surface area contributed by atoms with Crippen LogP contribution >= 0.6 is 0 Å². The van der Waals surface area contributed by atoms with Crippen molar-refractivity contribution in [2.24, 2.45) is 0 Å². The lowest BCUT2D eigenvalue weighted by Crippen LogP contribution is -2.26. The fourth-order valence-electron chi connectivity index (χ4n) is 4.06. The molecule has 3 aromatic rings. The highest BCUT2D eigenvalue weighted by atomic mass is 19.1. The van der Waals surface area contributed by atoms with Gasteiger partial charge in [0.1, 0.15) is 23.1 Å². The minimum absolute atomic E-state index is 0.224. The number of halogens is 2. The van der Waals surface area contributed by atoms with Crippen LogP contribution in [0, 0.1) is 18.6 Å². The average molecular weight is 451 g/mol. The van der Waals surface area contributed by atoms with Crippen molar-refractivity contribution in [3.8, 4) is 11.5 Å². The summed E-state index contributed by atoms with van der Waals surface area (Å²) >= 11 is 0. The van der Waals surface area contributed by atoms with Gasteiger partial charge in [0.2, 0.25) is 5.91 Å². The first-order valence-electron chi connectivity index (χ1n) is 11.3. The molecule has 1 amide bonds. The lowest BCUT2D eigenvalue weighted by Gasteiger charge is -2.23. The summed E-state index contributed by atoms with van der Waals surface area (Å²) in [6, 6.07) is 17.0. The molecule has 1 saturated heterocycles. The maximum atomic E-state index is 14.3. The second-order valence-corrected chi connectivity index (χ2v) is 8.47. The molecule has 0 unspecified atom stereocenters. The molecular weight excluding hydrogens is 422 g/mol. The van der Waals surface area contributed by atoms with Gasteiger partial charge in [0.05, 0.1) is 5.69 Å². The number of hydrogen-bond acceptors (Lipinski definition) is 3. The molecule has 1 aliphatic heterocycles. The summed E-state index contributed by atoms with van der Waals surface area (Å²) in [5.74, 6) is 0.675. The van der Waals surface area contributed by atoms with Crippen molar-refractivity contribution in [3.05, 3.63) is 89.0 Å². The molecule has 3 aromatic carbocycles. The maximum Gasteiger partial charge on any atom is 0.224 e. The van der Waals surface area contributed by atoms with Crippen molar-refractivity contribution >= 4 is 11.6 Å². The maximum absolute atomic E-state index is 14.3. The molecule has 6 heteroatoms. The molecule has 1 fully saturated rings. The Morgan fingerprint density at radius 2 is 1.67 bits per heavy atom. The summed E-state index contributed by atoms with van der Waals surface area (Å²) < 4.78 is 33.4. The third-order valence-electron chi connectivity index (χ3n) is 6.00. The first kappa shape index (κ1) is 22.9. The van der Waals surface area contributed by atoms with Gasteiger partial charge in [-0.3, -0.25) is 4.79 Å². The summed E-state index contributed by atoms with van der Waals surface area (Å²) in [6.45, 7) is 3.60. The van der Waals surface area contributed by atoms with Gasteiger partial charge in [-0.2, -0.15) is 0 Å². The fourth-order valence-corrected chi connectivity index (χ4v) is 4.06. The molecule has 2 N–H and O–H groups in total. The van der Waals surface area contributed by atoms with Gasteiger partial charge in [-0.15, -0.1) is 0 Å². The molecule has 33 heavy (non-hydrogen) atoms. The third-order valence-corrected chi connectivity index (χ3v) is 6.00.